The van der Waals surface area contributed by atoms with Crippen molar-refractivity contribution in [2.45, 2.75) is 26.2 Å². The number of hydrogen-bond acceptors (Lipinski definition) is 3. The van der Waals surface area contributed by atoms with Gasteiger partial charge in [-0.3, -0.25) is 4.79 Å². The molecule has 0 saturated carbocycles. The van der Waals surface area contributed by atoms with Gasteiger partial charge < -0.3 is 20.6 Å². The Labute approximate surface area is 122 Å². The van der Waals surface area contributed by atoms with Crippen molar-refractivity contribution in [2.75, 3.05) is 18.4 Å². The number of carbonyl (C=O) groups is 1. The van der Waals surface area contributed by atoms with Crippen molar-refractivity contribution in [3.8, 4) is 0 Å². The molecule has 0 radical (unpaired) electrons. The highest BCUT2D eigenvalue weighted by molar-refractivity contribution is 5.97. The lowest BCUT2D eigenvalue weighted by atomic mass is 9.77. The van der Waals surface area contributed by atoms with Gasteiger partial charge in [0.15, 0.2) is 0 Å². The molecule has 6 heteroatoms. The van der Waals surface area contributed by atoms with Gasteiger partial charge >= 0.3 is 5.69 Å². The number of anilines is 1. The van der Waals surface area contributed by atoms with E-state index in [9.17, 15) is 9.59 Å². The van der Waals surface area contributed by atoms with E-state index >= 15 is 0 Å². The van der Waals surface area contributed by atoms with Gasteiger partial charge in [0.25, 0.3) is 0 Å². The maximum Gasteiger partial charge on any atom is 0.323 e. The Morgan fingerprint density at radius 1 is 1.33 bits per heavy atom. The van der Waals surface area contributed by atoms with Gasteiger partial charge in [-0.15, -0.1) is 0 Å². The van der Waals surface area contributed by atoms with Crippen molar-refractivity contribution in [3.63, 3.8) is 0 Å². The van der Waals surface area contributed by atoms with E-state index in [4.69, 9.17) is 0 Å². The normalized spacial score (nSPS) is 22.3. The summed E-state index contributed by atoms with van der Waals surface area (Å²) in [5, 5.41) is 6.30. The van der Waals surface area contributed by atoms with Crippen LogP contribution >= 0.6 is 0 Å². The fraction of sp³-hybridized carbons (Fsp3) is 0.467. The van der Waals surface area contributed by atoms with E-state index < -0.39 is 0 Å². The summed E-state index contributed by atoms with van der Waals surface area (Å²) in [7, 11) is 0. The van der Waals surface area contributed by atoms with Crippen LogP contribution in [-0.2, 0) is 4.79 Å². The SMILES string of the molecule is CCC1(C(=O)Nc2ccc3[nH]c(=O)[nH]c3c2)CCCNC1. The molecule has 1 amide bonds. The summed E-state index contributed by atoms with van der Waals surface area (Å²) in [5.74, 6) is 0.0504. The maximum absolute atomic E-state index is 12.6. The van der Waals surface area contributed by atoms with Crippen LogP contribution in [0.4, 0.5) is 5.69 Å². The molecule has 2 aromatic rings. The van der Waals surface area contributed by atoms with E-state index in [2.05, 4.69) is 27.5 Å². The van der Waals surface area contributed by atoms with Crippen LogP contribution < -0.4 is 16.3 Å². The van der Waals surface area contributed by atoms with Crippen molar-refractivity contribution < 1.29 is 4.79 Å². The zero-order chi connectivity index (χ0) is 14.9. The topological polar surface area (TPSA) is 89.8 Å². The zero-order valence-corrected chi connectivity index (χ0v) is 12.1. The monoisotopic (exact) mass is 288 g/mol. The van der Waals surface area contributed by atoms with Crippen LogP contribution in [0.1, 0.15) is 26.2 Å². The first-order valence-corrected chi connectivity index (χ1v) is 7.37. The number of benzene rings is 1. The lowest BCUT2D eigenvalue weighted by Crippen LogP contribution is -2.47. The summed E-state index contributed by atoms with van der Waals surface area (Å²) in [4.78, 5) is 29.3. The van der Waals surface area contributed by atoms with Gasteiger partial charge in [0.1, 0.15) is 0 Å². The lowest BCUT2D eigenvalue weighted by Gasteiger charge is -2.35. The average molecular weight is 288 g/mol. The number of hydrogen-bond donors (Lipinski definition) is 4. The first-order valence-electron chi connectivity index (χ1n) is 7.37. The fourth-order valence-electron chi connectivity index (χ4n) is 3.00. The van der Waals surface area contributed by atoms with Gasteiger partial charge in [0.05, 0.1) is 16.4 Å². The molecule has 21 heavy (non-hydrogen) atoms. The third-order valence-corrected chi connectivity index (χ3v) is 4.40. The minimum atomic E-state index is -0.335. The molecule has 1 aliphatic rings. The van der Waals surface area contributed by atoms with E-state index in [0.29, 0.717) is 11.2 Å². The molecule has 1 unspecified atom stereocenters. The molecular weight excluding hydrogens is 268 g/mol. The van der Waals surface area contributed by atoms with E-state index in [1.165, 1.54) is 0 Å². The molecule has 1 aromatic carbocycles. The molecule has 3 rings (SSSR count). The number of nitrogens with one attached hydrogen (secondary N) is 4. The molecule has 1 fully saturated rings. The number of imidazole rings is 1. The number of aromatic nitrogens is 2. The van der Waals surface area contributed by atoms with E-state index in [1.54, 1.807) is 12.1 Å². The molecular formula is C15H20N4O2. The van der Waals surface area contributed by atoms with Crippen molar-refractivity contribution in [1.29, 1.82) is 0 Å². The predicted octanol–water partition coefficient (Wildman–Crippen LogP) is 1.57. The molecule has 1 atom stereocenters. The predicted molar refractivity (Wildman–Crippen MR) is 82.4 cm³/mol. The largest absolute Gasteiger partial charge is 0.325 e. The van der Waals surface area contributed by atoms with Crippen LogP contribution in [-0.4, -0.2) is 29.0 Å². The number of fused-ring (bicyclic) bond motifs is 1. The number of piperidine rings is 1. The van der Waals surface area contributed by atoms with Gasteiger partial charge in [-0.25, -0.2) is 4.79 Å². The number of H-pyrrole nitrogens is 2. The van der Waals surface area contributed by atoms with E-state index in [0.717, 1.165) is 37.9 Å². The third kappa shape index (κ3) is 2.58. The smallest absolute Gasteiger partial charge is 0.323 e. The third-order valence-electron chi connectivity index (χ3n) is 4.40. The van der Waals surface area contributed by atoms with Crippen LogP contribution in [0, 0.1) is 5.41 Å². The molecule has 0 aliphatic carbocycles. The van der Waals surface area contributed by atoms with Crippen LogP contribution in [0.15, 0.2) is 23.0 Å². The molecule has 6 nitrogen and oxygen atoms in total. The Balaban J connectivity index is 1.83. The van der Waals surface area contributed by atoms with E-state index in [-0.39, 0.29) is 17.0 Å². The fourth-order valence-corrected chi connectivity index (χ4v) is 3.00. The zero-order valence-electron chi connectivity index (χ0n) is 12.1. The summed E-state index contributed by atoms with van der Waals surface area (Å²) in [5.41, 5.74) is 1.57. The second-order valence-electron chi connectivity index (χ2n) is 5.71. The molecule has 0 spiro atoms. The molecule has 112 valence electrons. The number of amides is 1. The van der Waals surface area contributed by atoms with E-state index in [1.807, 2.05) is 6.07 Å². The summed E-state index contributed by atoms with van der Waals surface area (Å²) >= 11 is 0. The minimum Gasteiger partial charge on any atom is -0.325 e. The van der Waals surface area contributed by atoms with Gasteiger partial charge in [-0.05, 0) is 44.0 Å². The maximum atomic E-state index is 12.6. The van der Waals surface area contributed by atoms with Gasteiger partial charge in [0.2, 0.25) is 5.91 Å². The minimum absolute atomic E-state index is 0.0504. The Bertz CT molecular complexity index is 710. The molecule has 1 aliphatic heterocycles. The Morgan fingerprint density at radius 2 is 2.14 bits per heavy atom. The molecule has 1 saturated heterocycles. The molecule has 1 aromatic heterocycles. The molecule has 4 N–H and O–H groups in total. The second-order valence-corrected chi connectivity index (χ2v) is 5.71. The summed E-state index contributed by atoms with van der Waals surface area (Å²) < 4.78 is 0. The second kappa shape index (κ2) is 5.37. The first-order chi connectivity index (χ1) is 10.1. The van der Waals surface area contributed by atoms with Crippen molar-refractivity contribution >= 4 is 22.6 Å². The van der Waals surface area contributed by atoms with Gasteiger partial charge in [0, 0.05) is 12.2 Å². The Morgan fingerprint density at radius 3 is 2.86 bits per heavy atom. The standard InChI is InChI=1S/C15H20N4O2/c1-2-15(6-3-7-16-9-15)13(20)17-10-4-5-11-12(8-10)19-14(21)18-11/h4-5,8,16H,2-3,6-7,9H2,1H3,(H,17,20)(H2,18,19,21). The summed E-state index contributed by atoms with van der Waals surface area (Å²) in [6.07, 6.45) is 2.74. The van der Waals surface area contributed by atoms with Crippen molar-refractivity contribution in [1.82, 2.24) is 15.3 Å². The highest BCUT2D eigenvalue weighted by Crippen LogP contribution is 2.31. The first kappa shape index (κ1) is 13.9. The summed E-state index contributed by atoms with van der Waals surface area (Å²) in [6, 6.07) is 5.38. The van der Waals surface area contributed by atoms with Crippen molar-refractivity contribution in [3.05, 3.63) is 28.7 Å². The Hall–Kier alpha value is -2.08. The van der Waals surface area contributed by atoms with Crippen LogP contribution in [0.25, 0.3) is 11.0 Å². The summed E-state index contributed by atoms with van der Waals surface area (Å²) in [6.45, 7) is 3.75. The number of aromatic amines is 2. The van der Waals surface area contributed by atoms with Crippen molar-refractivity contribution in [2.24, 2.45) is 5.41 Å². The number of rotatable bonds is 3. The van der Waals surface area contributed by atoms with Gasteiger partial charge in [-0.2, -0.15) is 0 Å². The molecule has 0 bridgehead atoms. The van der Waals surface area contributed by atoms with Crippen LogP contribution in [0.2, 0.25) is 0 Å². The highest BCUT2D eigenvalue weighted by Gasteiger charge is 2.37. The number of carbonyl (C=O) groups excluding carboxylic acids is 1. The quantitative estimate of drug-likeness (QED) is 0.691. The average Bonchev–Trinajstić information content (AvgIpc) is 2.87. The van der Waals surface area contributed by atoms with Crippen LogP contribution in [0.5, 0.6) is 0 Å². The lowest BCUT2D eigenvalue weighted by molar-refractivity contribution is -0.126. The molecule has 2 heterocycles. The highest BCUT2D eigenvalue weighted by atomic mass is 16.2. The Kier molecular flexibility index (Phi) is 3.55. The van der Waals surface area contributed by atoms with Gasteiger partial charge in [-0.1, -0.05) is 6.92 Å². The van der Waals surface area contributed by atoms with Crippen LogP contribution in [0.3, 0.4) is 0 Å².